The number of imide groups is 1. The van der Waals surface area contributed by atoms with Crippen molar-refractivity contribution in [3.8, 4) is 22.6 Å². The third-order valence-corrected chi connectivity index (χ3v) is 8.09. The summed E-state index contributed by atoms with van der Waals surface area (Å²) >= 11 is 0. The van der Waals surface area contributed by atoms with Crippen LogP contribution in [0.4, 0.5) is 5.95 Å². The van der Waals surface area contributed by atoms with Gasteiger partial charge in [0.05, 0.1) is 34.8 Å². The van der Waals surface area contributed by atoms with Crippen LogP contribution in [0.2, 0.25) is 0 Å². The van der Waals surface area contributed by atoms with Gasteiger partial charge in [-0.05, 0) is 48.9 Å². The van der Waals surface area contributed by atoms with Crippen LogP contribution in [-0.4, -0.2) is 53.1 Å². The maximum Gasteiger partial charge on any atom is 0.261 e. The van der Waals surface area contributed by atoms with Crippen LogP contribution in [0.5, 0.6) is 0 Å². The summed E-state index contributed by atoms with van der Waals surface area (Å²) in [6.45, 7) is 2.71. The zero-order valence-electron chi connectivity index (χ0n) is 22.3. The number of rotatable bonds is 8. The first kappa shape index (κ1) is 24.8. The normalized spacial score (nSPS) is 16.2. The maximum absolute atomic E-state index is 12.7. The molecule has 1 unspecified atom stereocenters. The monoisotopic (exact) mass is 546 g/mol. The van der Waals surface area contributed by atoms with E-state index in [0.717, 1.165) is 29.5 Å². The zero-order chi connectivity index (χ0) is 28.1. The fourth-order valence-corrected chi connectivity index (χ4v) is 5.50. The molecular weight excluding hydrogens is 520 g/mol. The molecule has 41 heavy (non-hydrogen) atoms. The second-order valence-electron chi connectivity index (χ2n) is 10.6. The van der Waals surface area contributed by atoms with E-state index < -0.39 is 5.41 Å². The first-order chi connectivity index (χ1) is 19.9. The largest absolute Gasteiger partial charge is 0.368 e. The van der Waals surface area contributed by atoms with Crippen molar-refractivity contribution in [1.29, 1.82) is 0 Å². The van der Waals surface area contributed by atoms with Crippen LogP contribution in [0.3, 0.4) is 0 Å². The van der Waals surface area contributed by atoms with Gasteiger partial charge in [-0.1, -0.05) is 41.6 Å². The van der Waals surface area contributed by atoms with Crippen molar-refractivity contribution >= 4 is 17.8 Å². The van der Waals surface area contributed by atoms with Crippen LogP contribution in [0, 0.1) is 5.92 Å². The summed E-state index contributed by atoms with van der Waals surface area (Å²) in [5.74, 6) is 1.07. The van der Waals surface area contributed by atoms with Crippen LogP contribution < -0.4 is 5.73 Å². The molecule has 2 amide bonds. The molecule has 1 fully saturated rings. The average molecular weight is 547 g/mol. The number of anilines is 1. The molecule has 2 aromatic carbocycles. The highest BCUT2D eigenvalue weighted by atomic mass is 16.5. The molecule has 5 aromatic rings. The highest BCUT2D eigenvalue weighted by Crippen LogP contribution is 2.50. The Morgan fingerprint density at radius 2 is 1.59 bits per heavy atom. The standard InChI is InChI=1S/C30H26N8O3/c1-30(22-10-11-22,21-8-6-18(7-9-21)19-14-32-29(31)33-15-19)28-35-25(41-36-28)20-16-34-37(17-20)12-13-38-26(39)23-4-2-3-5-24(23)27(38)40/h2-9,14-17,22H,10-13H2,1H3,(H2,31,32,33). The molecule has 0 saturated heterocycles. The van der Waals surface area contributed by atoms with E-state index in [9.17, 15) is 9.59 Å². The fraction of sp³-hybridized carbons (Fsp3) is 0.233. The summed E-state index contributed by atoms with van der Waals surface area (Å²) in [5.41, 5.74) is 9.73. The van der Waals surface area contributed by atoms with E-state index in [1.54, 1.807) is 53.7 Å². The van der Waals surface area contributed by atoms with E-state index in [1.165, 1.54) is 4.90 Å². The predicted molar refractivity (Wildman–Crippen MR) is 148 cm³/mol. The minimum atomic E-state index is -0.417. The molecule has 0 spiro atoms. The van der Waals surface area contributed by atoms with Gasteiger partial charge in [-0.25, -0.2) is 9.97 Å². The number of nitrogens with two attached hydrogens (primary N) is 1. The minimum Gasteiger partial charge on any atom is -0.368 e. The van der Waals surface area contributed by atoms with E-state index in [4.69, 9.17) is 15.2 Å². The number of amides is 2. The SMILES string of the molecule is CC(c1ccc(-c2cnc(N)nc2)cc1)(c1noc(-c2cnn(CCN3C(=O)c4ccccc4C3=O)c2)n1)C1CC1. The van der Waals surface area contributed by atoms with Crippen LogP contribution in [0.1, 0.15) is 51.9 Å². The van der Waals surface area contributed by atoms with Crippen molar-refractivity contribution in [2.24, 2.45) is 5.92 Å². The number of nitrogen functional groups attached to an aromatic ring is 1. The number of hydrogen-bond donors (Lipinski definition) is 1. The average Bonchev–Trinajstić information content (AvgIpc) is 3.46. The molecule has 1 aliphatic carbocycles. The van der Waals surface area contributed by atoms with Gasteiger partial charge >= 0.3 is 0 Å². The lowest BCUT2D eigenvalue weighted by Gasteiger charge is -2.27. The van der Waals surface area contributed by atoms with Crippen molar-refractivity contribution in [2.45, 2.75) is 31.7 Å². The Morgan fingerprint density at radius 3 is 2.24 bits per heavy atom. The number of hydrogen-bond acceptors (Lipinski definition) is 9. The number of aromatic nitrogens is 6. The quantitative estimate of drug-likeness (QED) is 0.285. The van der Waals surface area contributed by atoms with Crippen LogP contribution in [0.15, 0.2) is 77.8 Å². The van der Waals surface area contributed by atoms with Crippen molar-refractivity contribution in [3.05, 3.63) is 95.8 Å². The van der Waals surface area contributed by atoms with Crippen molar-refractivity contribution in [3.63, 3.8) is 0 Å². The number of fused-ring (bicyclic) bond motifs is 1. The van der Waals surface area contributed by atoms with Crippen LogP contribution in [-0.2, 0) is 12.0 Å². The Morgan fingerprint density at radius 1 is 0.902 bits per heavy atom. The first-order valence-corrected chi connectivity index (χ1v) is 13.4. The van der Waals surface area contributed by atoms with Crippen LogP contribution >= 0.6 is 0 Å². The number of nitrogens with zero attached hydrogens (tertiary/aromatic N) is 7. The Balaban J connectivity index is 1.08. The molecule has 11 heteroatoms. The molecule has 0 bridgehead atoms. The molecule has 1 saturated carbocycles. The lowest BCUT2D eigenvalue weighted by molar-refractivity contribution is 0.0647. The first-order valence-electron chi connectivity index (χ1n) is 13.4. The minimum absolute atomic E-state index is 0.209. The summed E-state index contributed by atoms with van der Waals surface area (Å²) in [7, 11) is 0. The molecule has 204 valence electrons. The Hall–Kier alpha value is -5.19. The topological polar surface area (TPSA) is 146 Å². The predicted octanol–water partition coefficient (Wildman–Crippen LogP) is 3.98. The maximum atomic E-state index is 12.7. The smallest absolute Gasteiger partial charge is 0.261 e. The van der Waals surface area contributed by atoms with Gasteiger partial charge in [0.2, 0.25) is 5.95 Å². The molecule has 7 rings (SSSR count). The van der Waals surface area contributed by atoms with E-state index in [0.29, 0.717) is 40.9 Å². The number of carbonyl (C=O) groups excluding carboxylic acids is 2. The van der Waals surface area contributed by atoms with Crippen LogP contribution in [0.25, 0.3) is 22.6 Å². The number of carbonyl (C=O) groups is 2. The molecule has 0 radical (unpaired) electrons. The molecule has 2 N–H and O–H groups in total. The third-order valence-electron chi connectivity index (χ3n) is 8.09. The zero-order valence-corrected chi connectivity index (χ0v) is 22.3. The molecule has 11 nitrogen and oxygen atoms in total. The van der Waals surface area contributed by atoms with Gasteiger partial charge in [-0.2, -0.15) is 10.1 Å². The van der Waals surface area contributed by atoms with Gasteiger partial charge in [0.15, 0.2) is 5.82 Å². The number of benzene rings is 2. The third kappa shape index (κ3) is 4.26. The van der Waals surface area contributed by atoms with E-state index >= 15 is 0 Å². The second-order valence-corrected chi connectivity index (χ2v) is 10.6. The van der Waals surface area contributed by atoms with Gasteiger partial charge in [0.1, 0.15) is 0 Å². The van der Waals surface area contributed by atoms with E-state index in [1.807, 2.05) is 12.1 Å². The van der Waals surface area contributed by atoms with E-state index in [-0.39, 0.29) is 24.3 Å². The molecule has 4 heterocycles. The molecule has 3 aromatic heterocycles. The van der Waals surface area contributed by atoms with Crippen molar-refractivity contribution < 1.29 is 14.1 Å². The van der Waals surface area contributed by atoms with Crippen molar-refractivity contribution in [1.82, 2.24) is 34.8 Å². The van der Waals surface area contributed by atoms with E-state index in [2.05, 4.69) is 39.3 Å². The molecule has 2 aliphatic rings. The fourth-order valence-electron chi connectivity index (χ4n) is 5.50. The molecule has 1 aliphatic heterocycles. The second kappa shape index (κ2) is 9.47. The molecular formula is C30H26N8O3. The summed E-state index contributed by atoms with van der Waals surface area (Å²) in [6, 6.07) is 15.1. The Kier molecular flexibility index (Phi) is 5.74. The van der Waals surface area contributed by atoms with Gasteiger partial charge in [-0.15, -0.1) is 0 Å². The summed E-state index contributed by atoms with van der Waals surface area (Å²) in [4.78, 5) is 39.6. The lowest BCUT2D eigenvalue weighted by Crippen LogP contribution is -2.33. The van der Waals surface area contributed by atoms with Gasteiger partial charge < -0.3 is 10.3 Å². The Labute approximate surface area is 235 Å². The molecule has 1 atom stereocenters. The summed E-state index contributed by atoms with van der Waals surface area (Å²) in [6.07, 6.45) is 9.03. The van der Waals surface area contributed by atoms with Gasteiger partial charge in [0, 0.05) is 30.7 Å². The van der Waals surface area contributed by atoms with Crippen molar-refractivity contribution in [2.75, 3.05) is 12.3 Å². The van der Waals surface area contributed by atoms with Gasteiger partial charge in [-0.3, -0.25) is 19.2 Å². The summed E-state index contributed by atoms with van der Waals surface area (Å²) in [5, 5.41) is 8.79. The summed E-state index contributed by atoms with van der Waals surface area (Å²) < 4.78 is 7.38. The highest BCUT2D eigenvalue weighted by molar-refractivity contribution is 6.21. The highest BCUT2D eigenvalue weighted by Gasteiger charge is 2.47. The van der Waals surface area contributed by atoms with Gasteiger partial charge in [0.25, 0.3) is 17.7 Å². The lowest BCUT2D eigenvalue weighted by atomic mass is 9.77. The Bertz CT molecular complexity index is 1740.